The van der Waals surface area contributed by atoms with E-state index >= 15 is 0 Å². The van der Waals surface area contributed by atoms with Gasteiger partial charge in [-0.3, -0.25) is 4.98 Å². The number of unbranched alkanes of at least 4 members (excludes halogenated alkanes) is 15. The molecule has 1 rings (SSSR count). The summed E-state index contributed by atoms with van der Waals surface area (Å²) in [6.45, 7) is 5.11. The number of hydrogen-bond acceptors (Lipinski definition) is 2. The van der Waals surface area contributed by atoms with Crippen LogP contribution in [0.15, 0.2) is 18.3 Å². The summed E-state index contributed by atoms with van der Waals surface area (Å²) in [5.74, 6) is 0.900. The molecule has 1 heterocycles. The first-order valence-corrected chi connectivity index (χ1v) is 11.4. The minimum Gasteiger partial charge on any atom is -0.492 e. The van der Waals surface area contributed by atoms with Gasteiger partial charge in [0.15, 0.2) is 0 Å². The number of nitrogens with zero attached hydrogens (tertiary/aromatic N) is 1. The fourth-order valence-electron chi connectivity index (χ4n) is 3.38. The number of aryl methyl sites for hydroxylation is 1. The standard InChI is InChI=1S/C24H43NO/c1-3-4-5-6-7-8-9-10-11-12-13-14-15-16-17-18-21-26-24-20-19-23(2)25-22-24/h19-20,22H,3-18,21H2,1-2H3. The van der Waals surface area contributed by atoms with Crippen molar-refractivity contribution >= 4 is 0 Å². The van der Waals surface area contributed by atoms with E-state index in [2.05, 4.69) is 11.9 Å². The molecule has 0 spiro atoms. The molecule has 2 nitrogen and oxygen atoms in total. The zero-order valence-electron chi connectivity index (χ0n) is 17.6. The van der Waals surface area contributed by atoms with Crippen molar-refractivity contribution in [2.24, 2.45) is 0 Å². The lowest BCUT2D eigenvalue weighted by Gasteiger charge is -2.06. The molecule has 0 radical (unpaired) electrons. The van der Waals surface area contributed by atoms with Crippen molar-refractivity contribution in [1.29, 1.82) is 0 Å². The quantitative estimate of drug-likeness (QED) is 0.247. The predicted molar refractivity (Wildman–Crippen MR) is 114 cm³/mol. The van der Waals surface area contributed by atoms with Gasteiger partial charge in [0.2, 0.25) is 0 Å². The van der Waals surface area contributed by atoms with Crippen LogP contribution >= 0.6 is 0 Å². The lowest BCUT2D eigenvalue weighted by molar-refractivity contribution is 0.303. The molecule has 0 aliphatic carbocycles. The normalized spacial score (nSPS) is 11.0. The molecule has 0 saturated heterocycles. The highest BCUT2D eigenvalue weighted by Gasteiger charge is 1.96. The van der Waals surface area contributed by atoms with Gasteiger partial charge in [-0.25, -0.2) is 0 Å². The molecule has 0 N–H and O–H groups in total. The zero-order chi connectivity index (χ0) is 18.7. The van der Waals surface area contributed by atoms with E-state index in [0.717, 1.165) is 24.5 Å². The van der Waals surface area contributed by atoms with Crippen molar-refractivity contribution < 1.29 is 4.74 Å². The maximum atomic E-state index is 5.72. The molecule has 26 heavy (non-hydrogen) atoms. The Balaban J connectivity index is 1.72. The molecule has 0 bridgehead atoms. The highest BCUT2D eigenvalue weighted by Crippen LogP contribution is 2.14. The van der Waals surface area contributed by atoms with Crippen LogP contribution in [-0.4, -0.2) is 11.6 Å². The van der Waals surface area contributed by atoms with Crippen molar-refractivity contribution in [2.45, 2.75) is 117 Å². The Bertz CT molecular complexity index is 401. The van der Waals surface area contributed by atoms with E-state index in [4.69, 9.17) is 4.74 Å². The van der Waals surface area contributed by atoms with Crippen LogP contribution in [-0.2, 0) is 0 Å². The smallest absolute Gasteiger partial charge is 0.137 e. The van der Waals surface area contributed by atoms with E-state index in [-0.39, 0.29) is 0 Å². The molecule has 0 saturated carbocycles. The second-order valence-electron chi connectivity index (χ2n) is 7.79. The van der Waals surface area contributed by atoms with Gasteiger partial charge in [-0.1, -0.05) is 103 Å². The molecule has 0 aliphatic rings. The second-order valence-corrected chi connectivity index (χ2v) is 7.79. The molecule has 0 amide bonds. The van der Waals surface area contributed by atoms with Gasteiger partial charge in [0.25, 0.3) is 0 Å². The number of pyridine rings is 1. The largest absolute Gasteiger partial charge is 0.492 e. The van der Waals surface area contributed by atoms with Crippen LogP contribution in [0, 0.1) is 6.92 Å². The first-order valence-electron chi connectivity index (χ1n) is 11.4. The van der Waals surface area contributed by atoms with E-state index in [1.54, 1.807) is 0 Å². The van der Waals surface area contributed by atoms with Gasteiger partial charge < -0.3 is 4.74 Å². The molecule has 0 atom stereocenters. The Morgan fingerprint density at radius 1 is 0.654 bits per heavy atom. The van der Waals surface area contributed by atoms with E-state index in [1.807, 2.05) is 25.3 Å². The van der Waals surface area contributed by atoms with E-state index in [0.29, 0.717) is 0 Å². The molecule has 0 fully saturated rings. The molecule has 1 aromatic heterocycles. The molecule has 2 heteroatoms. The first-order chi connectivity index (χ1) is 12.8. The van der Waals surface area contributed by atoms with Crippen LogP contribution in [0.25, 0.3) is 0 Å². The van der Waals surface area contributed by atoms with Gasteiger partial charge in [0, 0.05) is 5.69 Å². The van der Waals surface area contributed by atoms with Gasteiger partial charge in [-0.05, 0) is 25.5 Å². The summed E-state index contributed by atoms with van der Waals surface area (Å²) in [7, 11) is 0. The van der Waals surface area contributed by atoms with Gasteiger partial charge in [0.1, 0.15) is 5.75 Å². The van der Waals surface area contributed by atoms with Gasteiger partial charge >= 0.3 is 0 Å². The highest BCUT2D eigenvalue weighted by atomic mass is 16.5. The predicted octanol–water partition coefficient (Wildman–Crippen LogP) is 8.03. The number of hydrogen-bond donors (Lipinski definition) is 0. The first kappa shape index (κ1) is 23.0. The van der Waals surface area contributed by atoms with E-state index in [1.165, 1.54) is 96.3 Å². The minimum atomic E-state index is 0.823. The summed E-state index contributed by atoms with van der Waals surface area (Å²) in [4.78, 5) is 4.25. The van der Waals surface area contributed by atoms with E-state index < -0.39 is 0 Å². The molecule has 150 valence electrons. The maximum absolute atomic E-state index is 5.72. The Morgan fingerprint density at radius 2 is 1.12 bits per heavy atom. The van der Waals surface area contributed by atoms with Crippen molar-refractivity contribution in [3.63, 3.8) is 0 Å². The van der Waals surface area contributed by atoms with Crippen molar-refractivity contribution in [3.8, 4) is 5.75 Å². The van der Waals surface area contributed by atoms with Crippen LogP contribution in [0.4, 0.5) is 0 Å². The molecule has 0 aromatic carbocycles. The van der Waals surface area contributed by atoms with Crippen molar-refractivity contribution in [2.75, 3.05) is 6.61 Å². The Hall–Kier alpha value is -1.05. The highest BCUT2D eigenvalue weighted by molar-refractivity contribution is 5.18. The maximum Gasteiger partial charge on any atom is 0.137 e. The number of aromatic nitrogens is 1. The number of ether oxygens (including phenoxy) is 1. The SMILES string of the molecule is CCCCCCCCCCCCCCCCCCOc1ccc(C)nc1. The average Bonchev–Trinajstić information content (AvgIpc) is 2.66. The monoisotopic (exact) mass is 361 g/mol. The van der Waals surface area contributed by atoms with Crippen molar-refractivity contribution in [3.05, 3.63) is 24.0 Å². The molecule has 1 aromatic rings. The fourth-order valence-corrected chi connectivity index (χ4v) is 3.38. The summed E-state index contributed by atoms with van der Waals surface area (Å²) in [6.07, 6.45) is 24.3. The van der Waals surface area contributed by atoms with Crippen LogP contribution in [0.3, 0.4) is 0 Å². The summed E-state index contributed by atoms with van der Waals surface area (Å²) in [6, 6.07) is 4.01. The third-order valence-corrected chi connectivity index (χ3v) is 5.15. The summed E-state index contributed by atoms with van der Waals surface area (Å²) >= 11 is 0. The Kier molecular flexibility index (Phi) is 15.4. The van der Waals surface area contributed by atoms with Gasteiger partial charge in [-0.2, -0.15) is 0 Å². The van der Waals surface area contributed by atoms with Crippen LogP contribution < -0.4 is 4.74 Å². The van der Waals surface area contributed by atoms with Crippen molar-refractivity contribution in [1.82, 2.24) is 4.98 Å². The van der Waals surface area contributed by atoms with Crippen LogP contribution in [0.2, 0.25) is 0 Å². The average molecular weight is 362 g/mol. The molecular weight excluding hydrogens is 318 g/mol. The lowest BCUT2D eigenvalue weighted by atomic mass is 10.0. The minimum absolute atomic E-state index is 0.823. The summed E-state index contributed by atoms with van der Waals surface area (Å²) < 4.78 is 5.72. The lowest BCUT2D eigenvalue weighted by Crippen LogP contribution is -1.97. The molecule has 0 unspecified atom stereocenters. The second kappa shape index (κ2) is 17.4. The fraction of sp³-hybridized carbons (Fsp3) is 0.792. The molecular formula is C24H43NO. The van der Waals surface area contributed by atoms with Crippen LogP contribution in [0.1, 0.15) is 115 Å². The Morgan fingerprint density at radius 3 is 1.54 bits per heavy atom. The van der Waals surface area contributed by atoms with Crippen LogP contribution in [0.5, 0.6) is 5.75 Å². The number of rotatable bonds is 18. The topological polar surface area (TPSA) is 22.1 Å². The molecule has 0 aliphatic heterocycles. The third kappa shape index (κ3) is 14.2. The van der Waals surface area contributed by atoms with E-state index in [9.17, 15) is 0 Å². The summed E-state index contributed by atoms with van der Waals surface area (Å²) in [5.41, 5.74) is 1.04. The third-order valence-electron chi connectivity index (χ3n) is 5.15. The van der Waals surface area contributed by atoms with Gasteiger partial charge in [0.05, 0.1) is 12.8 Å². The summed E-state index contributed by atoms with van der Waals surface area (Å²) in [5, 5.41) is 0. The zero-order valence-corrected chi connectivity index (χ0v) is 17.6. The Labute approximate surface area is 163 Å². The van der Waals surface area contributed by atoms with Gasteiger partial charge in [-0.15, -0.1) is 0 Å².